The quantitative estimate of drug-likeness (QED) is 0.328. The number of hydrogen-bond acceptors (Lipinski definition) is 3. The van der Waals surface area contributed by atoms with Gasteiger partial charge in [0.05, 0.1) is 0 Å². The van der Waals surface area contributed by atoms with E-state index in [0.29, 0.717) is 5.56 Å². The molecule has 0 aromatic heterocycles. The van der Waals surface area contributed by atoms with Crippen LogP contribution in [0.4, 0.5) is 0 Å². The van der Waals surface area contributed by atoms with E-state index in [9.17, 15) is 4.79 Å². The highest BCUT2D eigenvalue weighted by Crippen LogP contribution is 2.03. The number of oxime groups is 1. The summed E-state index contributed by atoms with van der Waals surface area (Å²) >= 11 is 5.15. The molecule has 0 fully saturated rings. The lowest BCUT2D eigenvalue weighted by molar-refractivity contribution is -0.106. The molecule has 0 aliphatic heterocycles. The molecular weight excluding hydrogens is 178 g/mol. The first-order valence-corrected chi connectivity index (χ1v) is 3.61. The van der Waals surface area contributed by atoms with Crippen molar-refractivity contribution >= 4 is 22.6 Å². The van der Waals surface area contributed by atoms with Gasteiger partial charge in [0.15, 0.2) is 5.71 Å². The van der Waals surface area contributed by atoms with E-state index in [4.69, 9.17) is 16.8 Å². The van der Waals surface area contributed by atoms with Crippen molar-refractivity contribution in [2.75, 3.05) is 0 Å². The maximum atomic E-state index is 10.7. The minimum Gasteiger partial charge on any atom is -0.410 e. The van der Waals surface area contributed by atoms with Crippen LogP contribution >= 0.6 is 11.6 Å². The fourth-order valence-electron chi connectivity index (χ4n) is 0.807. The summed E-state index contributed by atoms with van der Waals surface area (Å²) in [5.74, 6) is 0. The Balaban J connectivity index is 3.05. The Morgan fingerprint density at radius 1 is 1.33 bits per heavy atom. The normalized spacial score (nSPS) is 11.2. The molecule has 0 aliphatic carbocycles. The fraction of sp³-hybridized carbons (Fsp3) is 0. The molecule has 4 heteroatoms. The number of carbonyl (C=O) groups is 1. The van der Waals surface area contributed by atoms with Gasteiger partial charge in [0.25, 0.3) is 5.24 Å². The minimum atomic E-state index is -0.774. The predicted molar refractivity (Wildman–Crippen MR) is 45.6 cm³/mol. The van der Waals surface area contributed by atoms with Crippen molar-refractivity contribution in [3.05, 3.63) is 35.9 Å². The predicted octanol–water partition coefficient (Wildman–Crippen LogP) is 1.63. The molecule has 0 bridgehead atoms. The maximum Gasteiger partial charge on any atom is 0.274 e. The maximum absolute atomic E-state index is 10.7. The van der Waals surface area contributed by atoms with E-state index in [0.717, 1.165) is 0 Å². The topological polar surface area (TPSA) is 49.7 Å². The molecule has 1 N–H and O–H groups in total. The smallest absolute Gasteiger partial charge is 0.274 e. The first kappa shape index (κ1) is 8.74. The number of nitrogens with zero attached hydrogens (tertiary/aromatic N) is 1. The van der Waals surface area contributed by atoms with Crippen LogP contribution in [0, 0.1) is 0 Å². The average molecular weight is 184 g/mol. The lowest BCUT2D eigenvalue weighted by Crippen LogP contribution is -2.08. The first-order chi connectivity index (χ1) is 5.75. The van der Waals surface area contributed by atoms with E-state index >= 15 is 0 Å². The third kappa shape index (κ3) is 1.83. The summed E-state index contributed by atoms with van der Waals surface area (Å²) in [4.78, 5) is 10.7. The van der Waals surface area contributed by atoms with E-state index in [1.807, 2.05) is 0 Å². The van der Waals surface area contributed by atoms with Crippen LogP contribution in [0.3, 0.4) is 0 Å². The first-order valence-electron chi connectivity index (χ1n) is 3.23. The molecule has 0 saturated heterocycles. The van der Waals surface area contributed by atoms with E-state index in [1.54, 1.807) is 30.3 Å². The highest BCUT2D eigenvalue weighted by atomic mass is 35.5. The van der Waals surface area contributed by atoms with Gasteiger partial charge in [-0.3, -0.25) is 4.79 Å². The van der Waals surface area contributed by atoms with Crippen LogP contribution in [0.5, 0.6) is 0 Å². The van der Waals surface area contributed by atoms with Crippen LogP contribution in [0.2, 0.25) is 0 Å². The molecule has 0 atom stereocenters. The molecule has 0 unspecified atom stereocenters. The largest absolute Gasteiger partial charge is 0.410 e. The standard InChI is InChI=1S/C8H6ClNO2/c9-8(11)7(10-12)6-4-2-1-3-5-6/h1-5,12H/b10-7-. The molecule has 3 nitrogen and oxygen atoms in total. The Hall–Kier alpha value is -1.35. The van der Waals surface area contributed by atoms with Gasteiger partial charge in [-0.2, -0.15) is 0 Å². The van der Waals surface area contributed by atoms with Gasteiger partial charge >= 0.3 is 0 Å². The second-order valence-corrected chi connectivity index (χ2v) is 2.43. The Labute approximate surface area is 74.3 Å². The molecule has 0 amide bonds. The zero-order valence-electron chi connectivity index (χ0n) is 6.07. The molecule has 12 heavy (non-hydrogen) atoms. The van der Waals surface area contributed by atoms with E-state index < -0.39 is 5.24 Å². The summed E-state index contributed by atoms with van der Waals surface area (Å²) in [7, 11) is 0. The van der Waals surface area contributed by atoms with Crippen LogP contribution in [0.15, 0.2) is 35.5 Å². The summed E-state index contributed by atoms with van der Waals surface area (Å²) in [5.41, 5.74) is 0.359. The van der Waals surface area contributed by atoms with Gasteiger partial charge in [-0.1, -0.05) is 35.5 Å². The summed E-state index contributed by atoms with van der Waals surface area (Å²) in [6.07, 6.45) is 0. The fourth-order valence-corrected chi connectivity index (χ4v) is 0.953. The molecule has 0 radical (unpaired) electrons. The molecule has 1 aromatic rings. The van der Waals surface area contributed by atoms with Crippen LogP contribution in [0.25, 0.3) is 0 Å². The van der Waals surface area contributed by atoms with Gasteiger partial charge in [-0.15, -0.1) is 0 Å². The summed E-state index contributed by atoms with van der Waals surface area (Å²) in [5, 5.41) is 10.5. The van der Waals surface area contributed by atoms with Crippen LogP contribution in [-0.4, -0.2) is 16.2 Å². The van der Waals surface area contributed by atoms with E-state index in [-0.39, 0.29) is 5.71 Å². The number of halogens is 1. The van der Waals surface area contributed by atoms with Crippen molar-refractivity contribution in [3.8, 4) is 0 Å². The number of hydrogen-bond donors (Lipinski definition) is 1. The van der Waals surface area contributed by atoms with E-state index in [1.165, 1.54) is 0 Å². The van der Waals surface area contributed by atoms with Crippen molar-refractivity contribution in [3.63, 3.8) is 0 Å². The average Bonchev–Trinajstić information content (AvgIpc) is 2.07. The second-order valence-electron chi connectivity index (χ2n) is 2.09. The zero-order chi connectivity index (χ0) is 8.97. The highest BCUT2D eigenvalue weighted by molar-refractivity contribution is 6.83. The Morgan fingerprint density at radius 2 is 1.92 bits per heavy atom. The van der Waals surface area contributed by atoms with Crippen molar-refractivity contribution in [1.82, 2.24) is 0 Å². The molecule has 0 saturated carbocycles. The minimum absolute atomic E-state index is 0.141. The number of benzene rings is 1. The number of carbonyl (C=O) groups excluding carboxylic acids is 1. The van der Waals surface area contributed by atoms with E-state index in [2.05, 4.69) is 5.16 Å². The van der Waals surface area contributed by atoms with Gasteiger partial charge in [-0.05, 0) is 11.6 Å². The summed E-state index contributed by atoms with van der Waals surface area (Å²) < 4.78 is 0. The van der Waals surface area contributed by atoms with Crippen LogP contribution in [-0.2, 0) is 4.79 Å². The molecule has 0 aliphatic rings. The van der Waals surface area contributed by atoms with Crippen molar-refractivity contribution in [1.29, 1.82) is 0 Å². The van der Waals surface area contributed by atoms with Crippen LogP contribution < -0.4 is 0 Å². The lowest BCUT2D eigenvalue weighted by Gasteiger charge is -1.96. The lowest BCUT2D eigenvalue weighted by atomic mass is 10.1. The molecular formula is C8H6ClNO2. The van der Waals surface area contributed by atoms with Crippen molar-refractivity contribution in [2.24, 2.45) is 5.16 Å². The van der Waals surface area contributed by atoms with Crippen molar-refractivity contribution in [2.45, 2.75) is 0 Å². The Morgan fingerprint density at radius 3 is 2.33 bits per heavy atom. The van der Waals surface area contributed by atoms with Gasteiger partial charge in [0.1, 0.15) is 0 Å². The highest BCUT2D eigenvalue weighted by Gasteiger charge is 2.10. The monoisotopic (exact) mass is 183 g/mol. The van der Waals surface area contributed by atoms with Gasteiger partial charge < -0.3 is 5.21 Å². The third-order valence-corrected chi connectivity index (χ3v) is 1.51. The SMILES string of the molecule is O=C(Cl)/C(=N\O)c1ccccc1. The molecule has 1 aromatic carbocycles. The van der Waals surface area contributed by atoms with Crippen molar-refractivity contribution < 1.29 is 10.0 Å². The van der Waals surface area contributed by atoms with Crippen LogP contribution in [0.1, 0.15) is 5.56 Å². The molecule has 0 heterocycles. The van der Waals surface area contributed by atoms with Gasteiger partial charge in [0.2, 0.25) is 0 Å². The molecule has 0 spiro atoms. The second kappa shape index (κ2) is 3.88. The van der Waals surface area contributed by atoms with Gasteiger partial charge in [0, 0.05) is 5.56 Å². The third-order valence-electron chi connectivity index (χ3n) is 1.33. The Kier molecular flexibility index (Phi) is 2.82. The number of rotatable bonds is 2. The Bertz CT molecular complexity index is 308. The summed E-state index contributed by atoms with van der Waals surface area (Å²) in [6.45, 7) is 0. The van der Waals surface area contributed by atoms with Gasteiger partial charge in [-0.25, -0.2) is 0 Å². The molecule has 1 rings (SSSR count). The molecule has 62 valence electrons. The zero-order valence-corrected chi connectivity index (χ0v) is 6.82. The summed E-state index contributed by atoms with van der Waals surface area (Å²) in [6, 6.07) is 8.50.